The number of rotatable bonds is 4. The van der Waals surface area contributed by atoms with Gasteiger partial charge in [-0.25, -0.2) is 4.79 Å². The summed E-state index contributed by atoms with van der Waals surface area (Å²) < 4.78 is 5.03. The smallest absolute Gasteiger partial charge is 0.338 e. The number of carbonyl (C=O) groups excluding carboxylic acids is 2. The molecule has 0 saturated heterocycles. The van der Waals surface area contributed by atoms with Crippen LogP contribution in [0, 0.1) is 6.92 Å². The number of aryl methyl sites for hydroxylation is 1. The van der Waals surface area contributed by atoms with Crippen LogP contribution in [0.5, 0.6) is 0 Å². The van der Waals surface area contributed by atoms with Crippen LogP contribution in [0.25, 0.3) is 12.2 Å². The highest BCUT2D eigenvalue weighted by Gasteiger charge is 2.43. The molecule has 152 valence electrons. The minimum Gasteiger partial charge on any atom is -0.462 e. The first-order chi connectivity index (χ1) is 13.6. The average molecular weight is 391 g/mol. The zero-order valence-corrected chi connectivity index (χ0v) is 18.3. The van der Waals surface area contributed by atoms with E-state index in [0.717, 1.165) is 22.3 Å². The molecule has 29 heavy (non-hydrogen) atoms. The maximum absolute atomic E-state index is 12.7. The van der Waals surface area contributed by atoms with Crippen molar-refractivity contribution in [3.8, 4) is 0 Å². The maximum Gasteiger partial charge on any atom is 0.338 e. The van der Waals surface area contributed by atoms with Gasteiger partial charge in [0.15, 0.2) is 0 Å². The van der Waals surface area contributed by atoms with Gasteiger partial charge in [0.05, 0.1) is 12.2 Å². The van der Waals surface area contributed by atoms with Gasteiger partial charge in [-0.2, -0.15) is 0 Å². The fourth-order valence-corrected chi connectivity index (χ4v) is 3.98. The van der Waals surface area contributed by atoms with Crippen molar-refractivity contribution < 1.29 is 14.3 Å². The van der Waals surface area contributed by atoms with E-state index in [2.05, 4.69) is 45.1 Å². The van der Waals surface area contributed by atoms with Crippen molar-refractivity contribution in [1.29, 1.82) is 0 Å². The largest absolute Gasteiger partial charge is 0.462 e. The van der Waals surface area contributed by atoms with Crippen molar-refractivity contribution in [2.75, 3.05) is 6.61 Å². The van der Waals surface area contributed by atoms with E-state index in [4.69, 9.17) is 4.74 Å². The molecule has 0 atom stereocenters. The monoisotopic (exact) mass is 390 g/mol. The zero-order chi connectivity index (χ0) is 21.4. The van der Waals surface area contributed by atoms with E-state index in [1.165, 1.54) is 5.56 Å². The van der Waals surface area contributed by atoms with Gasteiger partial charge >= 0.3 is 5.97 Å². The summed E-state index contributed by atoms with van der Waals surface area (Å²) in [5.74, 6) is 0.00679. The molecule has 0 amide bonds. The van der Waals surface area contributed by atoms with E-state index in [1.807, 2.05) is 26.0 Å². The molecule has 0 aliphatic heterocycles. The minimum atomic E-state index is -0.444. The molecule has 2 aromatic rings. The number of Topliss-reactive ketones (excluding diaryl/α,β-unsaturated/α-hetero) is 1. The van der Waals surface area contributed by atoms with Crippen LogP contribution < -0.4 is 0 Å². The second-order valence-corrected chi connectivity index (χ2v) is 9.04. The third-order valence-corrected chi connectivity index (χ3v) is 5.99. The van der Waals surface area contributed by atoms with Crippen LogP contribution in [0.3, 0.4) is 0 Å². The molecule has 3 rings (SSSR count). The van der Waals surface area contributed by atoms with Gasteiger partial charge < -0.3 is 4.74 Å². The van der Waals surface area contributed by atoms with Crippen LogP contribution >= 0.6 is 0 Å². The molecule has 0 fully saturated rings. The summed E-state index contributed by atoms with van der Waals surface area (Å²) in [6.07, 6.45) is 4.72. The van der Waals surface area contributed by atoms with Gasteiger partial charge in [-0.15, -0.1) is 0 Å². The highest BCUT2D eigenvalue weighted by molar-refractivity contribution is 5.93. The van der Waals surface area contributed by atoms with E-state index in [9.17, 15) is 9.59 Å². The Morgan fingerprint density at radius 1 is 1.03 bits per heavy atom. The van der Waals surface area contributed by atoms with Crippen molar-refractivity contribution in [1.82, 2.24) is 0 Å². The minimum absolute atomic E-state index is 0.167. The lowest BCUT2D eigenvalue weighted by molar-refractivity contribution is -0.125. The normalized spacial score (nSPS) is 17.2. The molecule has 0 heterocycles. The molecule has 0 N–H and O–H groups in total. The maximum atomic E-state index is 12.7. The summed E-state index contributed by atoms with van der Waals surface area (Å²) in [5.41, 5.74) is 5.67. The van der Waals surface area contributed by atoms with Crippen LogP contribution in [0.2, 0.25) is 0 Å². The predicted octanol–water partition coefficient (Wildman–Crippen LogP) is 5.87. The number of benzene rings is 2. The molecule has 1 aliphatic carbocycles. The van der Waals surface area contributed by atoms with Gasteiger partial charge in [-0.1, -0.05) is 50.3 Å². The van der Waals surface area contributed by atoms with Crippen LogP contribution in [-0.4, -0.2) is 18.4 Å². The fraction of sp³-hybridized carbons (Fsp3) is 0.385. The van der Waals surface area contributed by atoms with Crippen molar-refractivity contribution in [3.05, 3.63) is 69.8 Å². The van der Waals surface area contributed by atoms with E-state index >= 15 is 0 Å². The standard InChI is InChI=1S/C26H30O3/c1-7-29-24(28)19-11-8-18(9-12-19)10-13-20-15-21-22(14-17(20)2)26(5,6)23(27)16-25(21,3)4/h8-15H,7,16H2,1-6H3/b13-10+. The van der Waals surface area contributed by atoms with E-state index in [0.29, 0.717) is 24.4 Å². The molecule has 0 spiro atoms. The second-order valence-electron chi connectivity index (χ2n) is 9.04. The lowest BCUT2D eigenvalue weighted by Gasteiger charge is -2.41. The van der Waals surface area contributed by atoms with Gasteiger partial charge in [0.2, 0.25) is 0 Å². The zero-order valence-electron chi connectivity index (χ0n) is 18.3. The molecule has 0 bridgehead atoms. The lowest BCUT2D eigenvalue weighted by Crippen LogP contribution is -2.42. The molecule has 3 nitrogen and oxygen atoms in total. The third-order valence-electron chi connectivity index (χ3n) is 5.99. The molecule has 3 heteroatoms. The number of esters is 1. The molecule has 0 aromatic heterocycles. The highest BCUT2D eigenvalue weighted by atomic mass is 16.5. The molecule has 0 saturated carbocycles. The molecule has 2 aromatic carbocycles. The van der Waals surface area contributed by atoms with Crippen LogP contribution in [-0.2, 0) is 20.4 Å². The van der Waals surface area contributed by atoms with Crippen LogP contribution in [0.4, 0.5) is 0 Å². The predicted molar refractivity (Wildman–Crippen MR) is 118 cm³/mol. The fourth-order valence-electron chi connectivity index (χ4n) is 3.98. The summed E-state index contributed by atoms with van der Waals surface area (Å²) in [6, 6.07) is 11.8. The molecular weight excluding hydrogens is 360 g/mol. The molecule has 0 radical (unpaired) electrons. The SMILES string of the molecule is CCOC(=O)c1ccc(/C=C/c2cc3c(cc2C)C(C)(C)C(=O)CC3(C)C)cc1. The van der Waals surface area contributed by atoms with Crippen molar-refractivity contribution >= 4 is 23.9 Å². The number of carbonyl (C=O) groups is 2. The van der Waals surface area contributed by atoms with Gasteiger partial charge in [0, 0.05) is 11.8 Å². The summed E-state index contributed by atoms with van der Waals surface area (Å²) in [5, 5.41) is 0. The van der Waals surface area contributed by atoms with E-state index in [-0.39, 0.29) is 11.4 Å². The van der Waals surface area contributed by atoms with Crippen molar-refractivity contribution in [2.45, 2.75) is 58.8 Å². The Labute approximate surface area is 173 Å². The van der Waals surface area contributed by atoms with E-state index < -0.39 is 5.41 Å². The van der Waals surface area contributed by atoms with Crippen molar-refractivity contribution in [2.24, 2.45) is 0 Å². The quantitative estimate of drug-likeness (QED) is 0.484. The molecule has 1 aliphatic rings. The van der Waals surface area contributed by atoms with Crippen molar-refractivity contribution in [3.63, 3.8) is 0 Å². The van der Waals surface area contributed by atoms with Gasteiger partial charge in [0.25, 0.3) is 0 Å². The first-order valence-corrected chi connectivity index (χ1v) is 10.2. The number of ether oxygens (including phenoxy) is 1. The third kappa shape index (κ3) is 4.05. The summed E-state index contributed by atoms with van der Waals surface area (Å²) in [4.78, 5) is 24.5. The summed E-state index contributed by atoms with van der Waals surface area (Å²) in [6.45, 7) is 12.6. The second kappa shape index (κ2) is 7.62. The summed E-state index contributed by atoms with van der Waals surface area (Å²) in [7, 11) is 0. The molecular formula is C26H30O3. The first-order valence-electron chi connectivity index (χ1n) is 10.2. The first kappa shape index (κ1) is 21.0. The number of hydrogen-bond donors (Lipinski definition) is 0. The van der Waals surface area contributed by atoms with Gasteiger partial charge in [0.1, 0.15) is 5.78 Å². The Morgan fingerprint density at radius 3 is 2.31 bits per heavy atom. The number of fused-ring (bicyclic) bond motifs is 1. The Morgan fingerprint density at radius 2 is 1.69 bits per heavy atom. The summed E-state index contributed by atoms with van der Waals surface area (Å²) >= 11 is 0. The molecule has 0 unspecified atom stereocenters. The Bertz CT molecular complexity index is 976. The van der Waals surface area contributed by atoms with Crippen LogP contribution in [0.1, 0.15) is 79.2 Å². The van der Waals surface area contributed by atoms with E-state index in [1.54, 1.807) is 19.1 Å². The van der Waals surface area contributed by atoms with Crippen LogP contribution in [0.15, 0.2) is 36.4 Å². The highest BCUT2D eigenvalue weighted by Crippen LogP contribution is 2.44. The lowest BCUT2D eigenvalue weighted by atomic mass is 9.62. The topological polar surface area (TPSA) is 43.4 Å². The Balaban J connectivity index is 1.93. The Hall–Kier alpha value is -2.68. The number of hydrogen-bond acceptors (Lipinski definition) is 3. The number of ketones is 1. The van der Waals surface area contributed by atoms with Gasteiger partial charge in [-0.05, 0) is 73.1 Å². The average Bonchev–Trinajstić information content (AvgIpc) is 2.66. The Kier molecular flexibility index (Phi) is 5.53. The van der Waals surface area contributed by atoms with Gasteiger partial charge in [-0.3, -0.25) is 4.79 Å².